The third-order valence-corrected chi connectivity index (χ3v) is 3.50. The Bertz CT molecular complexity index is 447. The minimum absolute atomic E-state index is 0.00839. The van der Waals surface area contributed by atoms with Crippen LogP contribution in [0.2, 0.25) is 0 Å². The molecule has 2 atom stereocenters. The third-order valence-electron chi connectivity index (χ3n) is 3.50. The first-order valence-electron chi connectivity index (χ1n) is 6.92. The van der Waals surface area contributed by atoms with Crippen LogP contribution in [0.3, 0.4) is 0 Å². The largest absolute Gasteiger partial charge is 0.492 e. The highest BCUT2D eigenvalue weighted by molar-refractivity contribution is 5.82. The van der Waals surface area contributed by atoms with E-state index < -0.39 is 6.10 Å². The number of likely N-dealkylation sites (N-methyl/N-ethyl adjacent to an activating group) is 1. The molecule has 5 heteroatoms. The highest BCUT2D eigenvalue weighted by atomic mass is 16.5. The van der Waals surface area contributed by atoms with E-state index in [1.807, 2.05) is 31.2 Å². The summed E-state index contributed by atoms with van der Waals surface area (Å²) in [5.41, 5.74) is 1.19. The Kier molecular flexibility index (Phi) is 4.98. The lowest BCUT2D eigenvalue weighted by Gasteiger charge is -2.21. The Morgan fingerprint density at radius 1 is 1.45 bits per heavy atom. The predicted molar refractivity (Wildman–Crippen MR) is 76.7 cm³/mol. The van der Waals surface area contributed by atoms with Crippen molar-refractivity contribution in [2.45, 2.75) is 25.5 Å². The van der Waals surface area contributed by atoms with Crippen molar-refractivity contribution in [1.29, 1.82) is 0 Å². The molecule has 0 saturated carbocycles. The molecule has 1 amide bonds. The van der Waals surface area contributed by atoms with Gasteiger partial charge >= 0.3 is 0 Å². The molecule has 0 aromatic heterocycles. The molecule has 1 saturated heterocycles. The number of rotatable bonds is 5. The van der Waals surface area contributed by atoms with Gasteiger partial charge in [0, 0.05) is 13.6 Å². The van der Waals surface area contributed by atoms with E-state index in [1.54, 1.807) is 11.9 Å². The van der Waals surface area contributed by atoms with Crippen molar-refractivity contribution >= 4 is 5.91 Å². The first kappa shape index (κ1) is 14.8. The van der Waals surface area contributed by atoms with Crippen LogP contribution in [0.15, 0.2) is 24.3 Å². The Morgan fingerprint density at radius 3 is 2.75 bits per heavy atom. The van der Waals surface area contributed by atoms with Crippen molar-refractivity contribution in [3.05, 3.63) is 29.8 Å². The minimum atomic E-state index is -0.416. The second-order valence-corrected chi connectivity index (χ2v) is 5.27. The van der Waals surface area contributed by atoms with Gasteiger partial charge in [-0.1, -0.05) is 17.7 Å². The van der Waals surface area contributed by atoms with Gasteiger partial charge in [0.2, 0.25) is 5.91 Å². The van der Waals surface area contributed by atoms with Crippen LogP contribution in [-0.2, 0) is 4.79 Å². The average Bonchev–Trinajstić information content (AvgIpc) is 2.86. The number of aliphatic hydroxyl groups excluding tert-OH is 1. The molecule has 20 heavy (non-hydrogen) atoms. The summed E-state index contributed by atoms with van der Waals surface area (Å²) in [6.07, 6.45) is 0.0725. The first-order valence-corrected chi connectivity index (χ1v) is 6.92. The second kappa shape index (κ2) is 6.72. The maximum absolute atomic E-state index is 12.1. The number of ether oxygens (including phenoxy) is 1. The van der Waals surface area contributed by atoms with Crippen LogP contribution < -0.4 is 10.1 Å². The van der Waals surface area contributed by atoms with Gasteiger partial charge in [0.05, 0.1) is 18.7 Å². The Morgan fingerprint density at radius 2 is 2.15 bits per heavy atom. The van der Waals surface area contributed by atoms with Crippen molar-refractivity contribution in [3.8, 4) is 5.75 Å². The number of hydrogen-bond acceptors (Lipinski definition) is 4. The number of aliphatic hydroxyl groups is 1. The van der Waals surface area contributed by atoms with Crippen molar-refractivity contribution in [3.63, 3.8) is 0 Å². The molecule has 1 aromatic carbocycles. The molecule has 1 aromatic rings. The van der Waals surface area contributed by atoms with Gasteiger partial charge in [-0.15, -0.1) is 0 Å². The number of benzene rings is 1. The summed E-state index contributed by atoms with van der Waals surface area (Å²) in [7, 11) is 1.76. The topological polar surface area (TPSA) is 61.8 Å². The summed E-state index contributed by atoms with van der Waals surface area (Å²) in [4.78, 5) is 13.7. The van der Waals surface area contributed by atoms with Crippen LogP contribution in [-0.4, -0.2) is 54.8 Å². The van der Waals surface area contributed by atoms with Crippen LogP contribution in [0.5, 0.6) is 5.75 Å². The zero-order valence-electron chi connectivity index (χ0n) is 12.0. The summed E-state index contributed by atoms with van der Waals surface area (Å²) in [5.74, 6) is 0.819. The maximum atomic E-state index is 12.1. The highest BCUT2D eigenvalue weighted by Crippen LogP contribution is 2.12. The van der Waals surface area contributed by atoms with E-state index >= 15 is 0 Å². The van der Waals surface area contributed by atoms with Crippen LogP contribution in [0, 0.1) is 6.92 Å². The molecule has 0 bridgehead atoms. The lowest BCUT2D eigenvalue weighted by atomic mass is 10.2. The van der Waals surface area contributed by atoms with Crippen LogP contribution in [0.1, 0.15) is 12.0 Å². The number of nitrogens with zero attached hydrogens (tertiary/aromatic N) is 1. The van der Waals surface area contributed by atoms with Crippen molar-refractivity contribution < 1.29 is 14.6 Å². The zero-order valence-corrected chi connectivity index (χ0v) is 12.0. The lowest BCUT2D eigenvalue weighted by Crippen LogP contribution is -2.43. The fourth-order valence-corrected chi connectivity index (χ4v) is 2.22. The molecule has 2 unspecified atom stereocenters. The molecule has 110 valence electrons. The highest BCUT2D eigenvalue weighted by Gasteiger charge is 2.29. The van der Waals surface area contributed by atoms with Gasteiger partial charge in [0.1, 0.15) is 12.4 Å². The van der Waals surface area contributed by atoms with Crippen LogP contribution >= 0.6 is 0 Å². The number of aryl methyl sites for hydroxylation is 1. The van der Waals surface area contributed by atoms with Crippen molar-refractivity contribution in [1.82, 2.24) is 10.2 Å². The minimum Gasteiger partial charge on any atom is -0.492 e. The van der Waals surface area contributed by atoms with Gasteiger partial charge in [-0.2, -0.15) is 0 Å². The molecule has 5 nitrogen and oxygen atoms in total. The number of β-amino-alcohol motifs (C(OH)–C–C–N with tert-alkyl or cyclic N) is 1. The zero-order chi connectivity index (χ0) is 14.5. The van der Waals surface area contributed by atoms with E-state index in [-0.39, 0.29) is 11.9 Å². The number of carbonyl (C=O) groups excluding carboxylic acids is 1. The summed E-state index contributed by atoms with van der Waals surface area (Å²) in [6.45, 7) is 3.50. The molecular formula is C15H22N2O3. The van der Waals surface area contributed by atoms with Crippen LogP contribution in [0.4, 0.5) is 0 Å². The van der Waals surface area contributed by atoms with Gasteiger partial charge in [0.25, 0.3) is 0 Å². The SMILES string of the molecule is Cc1ccc(OCCN(C)C(=O)C2CC(O)CN2)cc1. The molecule has 1 aliphatic rings. The number of hydrogen-bond donors (Lipinski definition) is 2. The van der Waals surface area contributed by atoms with Gasteiger partial charge in [-0.3, -0.25) is 4.79 Å². The van der Waals surface area contributed by atoms with E-state index in [4.69, 9.17) is 4.74 Å². The Labute approximate surface area is 119 Å². The fourth-order valence-electron chi connectivity index (χ4n) is 2.22. The van der Waals surface area contributed by atoms with Crippen molar-refractivity contribution in [2.75, 3.05) is 26.7 Å². The Balaban J connectivity index is 1.73. The normalized spacial score (nSPS) is 21.8. The fraction of sp³-hybridized carbons (Fsp3) is 0.533. The van der Waals surface area contributed by atoms with Gasteiger partial charge < -0.3 is 20.1 Å². The average molecular weight is 278 g/mol. The molecule has 1 aliphatic heterocycles. The second-order valence-electron chi connectivity index (χ2n) is 5.27. The van der Waals surface area contributed by atoms with E-state index in [1.165, 1.54) is 5.56 Å². The molecule has 2 N–H and O–H groups in total. The molecule has 0 radical (unpaired) electrons. The molecular weight excluding hydrogens is 256 g/mol. The summed E-state index contributed by atoms with van der Waals surface area (Å²) in [5, 5.41) is 12.4. The first-order chi connectivity index (χ1) is 9.56. The van der Waals surface area contributed by atoms with E-state index in [9.17, 15) is 9.90 Å². The smallest absolute Gasteiger partial charge is 0.239 e. The number of carbonyl (C=O) groups is 1. The monoisotopic (exact) mass is 278 g/mol. The van der Waals surface area contributed by atoms with E-state index in [2.05, 4.69) is 5.32 Å². The molecule has 1 heterocycles. The lowest BCUT2D eigenvalue weighted by molar-refractivity contribution is -0.132. The van der Waals surface area contributed by atoms with Gasteiger partial charge in [0.15, 0.2) is 0 Å². The number of nitrogens with one attached hydrogen (secondary N) is 1. The molecule has 2 rings (SSSR count). The molecule has 0 aliphatic carbocycles. The van der Waals surface area contributed by atoms with Gasteiger partial charge in [-0.05, 0) is 25.5 Å². The molecule has 1 fully saturated rings. The summed E-state index contributed by atoms with van der Waals surface area (Å²) < 4.78 is 5.60. The quantitative estimate of drug-likeness (QED) is 0.826. The Hall–Kier alpha value is -1.59. The maximum Gasteiger partial charge on any atom is 0.239 e. The van der Waals surface area contributed by atoms with E-state index in [0.717, 1.165) is 5.75 Å². The van der Waals surface area contributed by atoms with Gasteiger partial charge in [-0.25, -0.2) is 0 Å². The standard InChI is InChI=1S/C15H22N2O3/c1-11-3-5-13(6-4-11)20-8-7-17(2)15(19)14-9-12(18)10-16-14/h3-6,12,14,16,18H,7-10H2,1-2H3. The predicted octanol–water partition coefficient (Wildman–Crippen LogP) is 0.555. The summed E-state index contributed by atoms with van der Waals surface area (Å²) >= 11 is 0. The third kappa shape index (κ3) is 3.95. The van der Waals surface area contributed by atoms with E-state index in [0.29, 0.717) is 26.1 Å². The summed E-state index contributed by atoms with van der Waals surface area (Å²) in [6, 6.07) is 7.56. The van der Waals surface area contributed by atoms with Crippen LogP contribution in [0.25, 0.3) is 0 Å². The number of amides is 1. The molecule has 0 spiro atoms. The van der Waals surface area contributed by atoms with Crippen molar-refractivity contribution in [2.24, 2.45) is 0 Å².